The molecule has 20 heavy (non-hydrogen) atoms. The van der Waals surface area contributed by atoms with Crippen molar-refractivity contribution >= 4 is 8.80 Å². The number of methoxy groups -OCH3 is 3. The van der Waals surface area contributed by atoms with Crippen LogP contribution < -0.4 is 0 Å². The quantitative estimate of drug-likeness (QED) is 0.275. The van der Waals surface area contributed by atoms with Crippen molar-refractivity contribution in [2.45, 2.75) is 13.0 Å². The second-order valence-corrected chi connectivity index (χ2v) is 6.62. The molecule has 0 atom stereocenters. The standard InChI is InChI=1S/C13H28O6Si/c1-5-6-13-20(17-10-7-14-2,18-11-8-15-3)19-12-9-16-4/h5-6H,7-13H2,1-4H3. The van der Waals surface area contributed by atoms with Crippen molar-refractivity contribution in [3.05, 3.63) is 12.2 Å². The fourth-order valence-electron chi connectivity index (χ4n) is 1.41. The van der Waals surface area contributed by atoms with Crippen molar-refractivity contribution in [1.82, 2.24) is 0 Å². The molecule has 0 radical (unpaired) electrons. The van der Waals surface area contributed by atoms with Gasteiger partial charge in [-0.3, -0.25) is 0 Å². The van der Waals surface area contributed by atoms with Crippen molar-refractivity contribution in [2.75, 3.05) is 61.0 Å². The molecule has 120 valence electrons. The van der Waals surface area contributed by atoms with Crippen LogP contribution in [0.15, 0.2) is 12.2 Å². The third kappa shape index (κ3) is 9.59. The van der Waals surface area contributed by atoms with Gasteiger partial charge in [0.05, 0.1) is 39.6 Å². The topological polar surface area (TPSA) is 55.4 Å². The molecule has 0 amide bonds. The Kier molecular flexibility index (Phi) is 13.5. The molecule has 0 heterocycles. The summed E-state index contributed by atoms with van der Waals surface area (Å²) < 4.78 is 32.7. The maximum absolute atomic E-state index is 5.87. The zero-order valence-electron chi connectivity index (χ0n) is 13.1. The Morgan fingerprint density at radius 3 is 1.40 bits per heavy atom. The molecular weight excluding hydrogens is 280 g/mol. The van der Waals surface area contributed by atoms with Crippen molar-refractivity contribution in [2.24, 2.45) is 0 Å². The van der Waals surface area contributed by atoms with Gasteiger partial charge in [0.15, 0.2) is 0 Å². The first-order chi connectivity index (χ1) is 9.74. The van der Waals surface area contributed by atoms with Gasteiger partial charge in [-0.2, -0.15) is 0 Å². The summed E-state index contributed by atoms with van der Waals surface area (Å²) in [5, 5.41) is 0. The van der Waals surface area contributed by atoms with Gasteiger partial charge in [0.2, 0.25) is 0 Å². The fraction of sp³-hybridized carbons (Fsp3) is 0.846. The van der Waals surface area contributed by atoms with Crippen LogP contribution in [0.4, 0.5) is 0 Å². The molecule has 0 bridgehead atoms. The molecule has 0 aromatic carbocycles. The third-order valence-corrected chi connectivity index (χ3v) is 5.10. The summed E-state index contributed by atoms with van der Waals surface area (Å²) in [6, 6.07) is 0.626. The molecule has 0 spiro atoms. The van der Waals surface area contributed by atoms with Crippen LogP contribution in [0.1, 0.15) is 6.92 Å². The first-order valence-electron chi connectivity index (χ1n) is 6.74. The molecule has 7 heteroatoms. The van der Waals surface area contributed by atoms with Gasteiger partial charge in [-0.25, -0.2) is 0 Å². The highest BCUT2D eigenvalue weighted by molar-refractivity contribution is 6.61. The van der Waals surface area contributed by atoms with Crippen LogP contribution in [-0.2, 0) is 27.5 Å². The predicted octanol–water partition coefficient (Wildman–Crippen LogP) is 1.49. The Bertz CT molecular complexity index is 210. The SMILES string of the molecule is CC=CC[Si](OCCOC)(OCCOC)OCCOC. The molecule has 0 aromatic heterocycles. The predicted molar refractivity (Wildman–Crippen MR) is 78.9 cm³/mol. The van der Waals surface area contributed by atoms with E-state index in [4.69, 9.17) is 27.5 Å². The summed E-state index contributed by atoms with van der Waals surface area (Å²) in [6.07, 6.45) is 3.96. The maximum Gasteiger partial charge on any atom is 0.505 e. The van der Waals surface area contributed by atoms with E-state index < -0.39 is 8.80 Å². The molecule has 0 saturated carbocycles. The summed E-state index contributed by atoms with van der Waals surface area (Å²) in [5.74, 6) is 0. The maximum atomic E-state index is 5.87. The van der Waals surface area contributed by atoms with E-state index in [-0.39, 0.29) is 0 Å². The summed E-state index contributed by atoms with van der Waals surface area (Å²) in [5.41, 5.74) is 0. The largest absolute Gasteiger partial charge is 0.505 e. The molecule has 0 aromatic rings. The first-order valence-corrected chi connectivity index (χ1v) is 8.67. The molecule has 0 unspecified atom stereocenters. The molecule has 0 rings (SSSR count). The van der Waals surface area contributed by atoms with Crippen molar-refractivity contribution in [3.63, 3.8) is 0 Å². The lowest BCUT2D eigenvalue weighted by atomic mass is 10.6. The molecule has 0 N–H and O–H groups in total. The minimum atomic E-state index is -2.76. The number of allylic oxidation sites excluding steroid dienone is 2. The smallest absolute Gasteiger partial charge is 0.382 e. The van der Waals surface area contributed by atoms with Crippen LogP contribution in [0.3, 0.4) is 0 Å². The highest BCUT2D eigenvalue weighted by Crippen LogP contribution is 2.17. The van der Waals surface area contributed by atoms with Gasteiger partial charge >= 0.3 is 8.80 Å². The van der Waals surface area contributed by atoms with Gasteiger partial charge in [-0.15, -0.1) is 0 Å². The lowest BCUT2D eigenvalue weighted by Gasteiger charge is -2.28. The van der Waals surface area contributed by atoms with E-state index in [1.807, 2.05) is 19.1 Å². The molecule has 6 nitrogen and oxygen atoms in total. The zero-order valence-corrected chi connectivity index (χ0v) is 14.1. The van der Waals surface area contributed by atoms with E-state index in [1.54, 1.807) is 21.3 Å². The lowest BCUT2D eigenvalue weighted by Crippen LogP contribution is -2.47. The second kappa shape index (κ2) is 13.7. The Morgan fingerprint density at radius 2 is 1.10 bits per heavy atom. The highest BCUT2D eigenvalue weighted by atomic mass is 28.4. The van der Waals surface area contributed by atoms with Gasteiger partial charge in [-0.1, -0.05) is 12.2 Å². The van der Waals surface area contributed by atoms with Crippen LogP contribution in [0.25, 0.3) is 0 Å². The van der Waals surface area contributed by atoms with E-state index in [2.05, 4.69) is 0 Å². The average molecular weight is 308 g/mol. The number of ether oxygens (including phenoxy) is 3. The Balaban J connectivity index is 4.56. The average Bonchev–Trinajstić information content (AvgIpc) is 2.46. The molecule has 0 aliphatic heterocycles. The van der Waals surface area contributed by atoms with Crippen LogP contribution >= 0.6 is 0 Å². The van der Waals surface area contributed by atoms with Crippen LogP contribution in [0, 0.1) is 0 Å². The number of rotatable bonds is 14. The van der Waals surface area contributed by atoms with Crippen molar-refractivity contribution in [3.8, 4) is 0 Å². The molecule has 0 aliphatic rings. The lowest BCUT2D eigenvalue weighted by molar-refractivity contribution is 0.0165. The normalized spacial score (nSPS) is 12.4. The first kappa shape index (κ1) is 19.7. The van der Waals surface area contributed by atoms with Gasteiger partial charge in [-0.05, 0) is 6.92 Å². The molecule has 0 saturated heterocycles. The van der Waals surface area contributed by atoms with Crippen LogP contribution in [-0.4, -0.2) is 69.8 Å². The van der Waals surface area contributed by atoms with E-state index >= 15 is 0 Å². The number of hydrogen-bond acceptors (Lipinski definition) is 6. The Morgan fingerprint density at radius 1 is 0.700 bits per heavy atom. The molecule has 0 aliphatic carbocycles. The zero-order chi connectivity index (χ0) is 15.1. The summed E-state index contributed by atoms with van der Waals surface area (Å²) >= 11 is 0. The summed E-state index contributed by atoms with van der Waals surface area (Å²) in [6.45, 7) is 4.81. The summed E-state index contributed by atoms with van der Waals surface area (Å²) in [7, 11) is 2.15. The Hall–Kier alpha value is -0.283. The third-order valence-electron chi connectivity index (χ3n) is 2.43. The van der Waals surface area contributed by atoms with Crippen molar-refractivity contribution in [1.29, 1.82) is 0 Å². The second-order valence-electron chi connectivity index (χ2n) is 3.98. The fourth-order valence-corrected chi connectivity index (χ4v) is 3.72. The van der Waals surface area contributed by atoms with Crippen LogP contribution in [0.2, 0.25) is 6.04 Å². The minimum absolute atomic E-state index is 0.445. The Labute approximate surface area is 123 Å². The van der Waals surface area contributed by atoms with Gasteiger partial charge in [0.25, 0.3) is 0 Å². The van der Waals surface area contributed by atoms with E-state index in [9.17, 15) is 0 Å². The van der Waals surface area contributed by atoms with Gasteiger partial charge in [0, 0.05) is 27.4 Å². The van der Waals surface area contributed by atoms with Gasteiger partial charge in [0.1, 0.15) is 0 Å². The molecular formula is C13H28O6Si. The minimum Gasteiger partial charge on any atom is -0.382 e. The number of hydrogen-bond donors (Lipinski definition) is 0. The van der Waals surface area contributed by atoms with E-state index in [0.717, 1.165) is 0 Å². The van der Waals surface area contributed by atoms with E-state index in [1.165, 1.54) is 0 Å². The van der Waals surface area contributed by atoms with Crippen molar-refractivity contribution < 1.29 is 27.5 Å². The van der Waals surface area contributed by atoms with E-state index in [0.29, 0.717) is 45.7 Å². The monoisotopic (exact) mass is 308 g/mol. The van der Waals surface area contributed by atoms with Gasteiger partial charge < -0.3 is 27.5 Å². The summed E-state index contributed by atoms with van der Waals surface area (Å²) in [4.78, 5) is 0. The molecule has 0 fully saturated rings. The highest BCUT2D eigenvalue weighted by Gasteiger charge is 2.40. The van der Waals surface area contributed by atoms with Crippen LogP contribution in [0.5, 0.6) is 0 Å².